The molecule has 0 atom stereocenters. The molecule has 0 radical (unpaired) electrons. The smallest absolute Gasteiger partial charge is 1.00 e. The van der Waals surface area contributed by atoms with Crippen LogP contribution in [0.3, 0.4) is 0 Å². The summed E-state index contributed by atoms with van der Waals surface area (Å²) >= 11 is 0. The molecule has 0 amide bonds. The van der Waals surface area contributed by atoms with E-state index in [0.717, 1.165) is 0 Å². The van der Waals surface area contributed by atoms with Gasteiger partial charge in [-0.05, 0) is 0 Å². The van der Waals surface area contributed by atoms with Crippen molar-refractivity contribution in [2.45, 2.75) is 6.43 Å². The Morgan fingerprint density at radius 3 is 1.91 bits per heavy atom. The summed E-state index contributed by atoms with van der Waals surface area (Å²) in [5.41, 5.74) is 0. The maximum atomic E-state index is 11.2. The van der Waals surface area contributed by atoms with Gasteiger partial charge in [0, 0.05) is 0 Å². The van der Waals surface area contributed by atoms with Crippen molar-refractivity contribution in [2.24, 2.45) is 0 Å². The van der Waals surface area contributed by atoms with Crippen LogP contribution in [-0.4, -0.2) is 20.8 Å². The average Bonchev–Trinajstić information content (AvgIpc) is 1.60. The molecule has 62 valence electrons. The molecule has 0 aromatic carbocycles. The van der Waals surface area contributed by atoms with Gasteiger partial charge in [0.2, 0.25) is 0 Å². The van der Waals surface area contributed by atoms with Crippen LogP contribution in [0, 0.1) is 0 Å². The standard InChI is InChI=1S/C2HF3O4S.Na.H/c3-1(4)2(6)9-10(5,7)8;;/h1H;;/q;+1;-1. The second-order valence-corrected chi connectivity index (χ2v) is 2.05. The zero-order valence-corrected chi connectivity index (χ0v) is 8.07. The van der Waals surface area contributed by atoms with Gasteiger partial charge in [0.1, 0.15) is 0 Å². The molecular formula is C2H2F3NaO4S. The van der Waals surface area contributed by atoms with Crippen LogP contribution in [0.1, 0.15) is 1.43 Å². The second kappa shape index (κ2) is 4.96. The fourth-order valence-electron chi connectivity index (χ4n) is 0.134. The van der Waals surface area contributed by atoms with Crippen molar-refractivity contribution >= 4 is 16.5 Å². The SMILES string of the molecule is O=C(OS(=O)(=O)F)C(F)F.[H-].[Na+]. The summed E-state index contributed by atoms with van der Waals surface area (Å²) in [6.07, 6.45) is -3.65. The molecule has 0 aliphatic carbocycles. The van der Waals surface area contributed by atoms with Gasteiger partial charge >= 0.3 is 52.5 Å². The normalized spacial score (nSPS) is 10.5. The third-order valence-corrected chi connectivity index (χ3v) is 0.723. The Labute approximate surface area is 83.9 Å². The van der Waals surface area contributed by atoms with E-state index in [9.17, 15) is 25.9 Å². The fraction of sp³-hybridized carbons (Fsp3) is 0.500. The average molecular weight is 202 g/mol. The van der Waals surface area contributed by atoms with E-state index in [1.807, 2.05) is 0 Å². The van der Waals surface area contributed by atoms with Crippen LogP contribution in [0.15, 0.2) is 0 Å². The quantitative estimate of drug-likeness (QED) is 0.356. The molecule has 0 bridgehead atoms. The zero-order valence-electron chi connectivity index (χ0n) is 6.25. The van der Waals surface area contributed by atoms with E-state index in [1.54, 1.807) is 0 Å². The van der Waals surface area contributed by atoms with Gasteiger partial charge in [-0.2, -0.15) is 17.2 Å². The van der Waals surface area contributed by atoms with E-state index < -0.39 is 22.9 Å². The number of hydrogen-bond acceptors (Lipinski definition) is 4. The van der Waals surface area contributed by atoms with Crippen LogP contribution in [0.5, 0.6) is 0 Å². The molecule has 0 aliphatic rings. The number of carbonyl (C=O) groups is 1. The first-order valence-corrected chi connectivity index (χ1v) is 3.10. The van der Waals surface area contributed by atoms with Gasteiger partial charge in [0.15, 0.2) is 0 Å². The topological polar surface area (TPSA) is 60.4 Å². The minimum atomic E-state index is -5.60. The van der Waals surface area contributed by atoms with E-state index in [-0.39, 0.29) is 31.0 Å². The minimum absolute atomic E-state index is 0. The van der Waals surface area contributed by atoms with Crippen molar-refractivity contribution < 1.29 is 61.0 Å². The van der Waals surface area contributed by atoms with E-state index in [4.69, 9.17) is 0 Å². The summed E-state index contributed by atoms with van der Waals surface area (Å²) in [6.45, 7) is 0. The summed E-state index contributed by atoms with van der Waals surface area (Å²) in [4.78, 5) is 9.57. The second-order valence-electron chi connectivity index (χ2n) is 1.10. The predicted octanol–water partition coefficient (Wildman–Crippen LogP) is -2.87. The number of alkyl halides is 2. The first-order chi connectivity index (χ1) is 4.33. The van der Waals surface area contributed by atoms with Gasteiger partial charge in [-0.1, -0.05) is 3.89 Å². The predicted molar refractivity (Wildman–Crippen MR) is 23.2 cm³/mol. The van der Waals surface area contributed by atoms with Gasteiger partial charge in [-0.25, -0.2) is 4.79 Å². The molecular weight excluding hydrogens is 200 g/mol. The van der Waals surface area contributed by atoms with Crippen LogP contribution < -0.4 is 29.6 Å². The van der Waals surface area contributed by atoms with Crippen molar-refractivity contribution in [3.8, 4) is 0 Å². The van der Waals surface area contributed by atoms with Crippen LogP contribution in [0.25, 0.3) is 0 Å². The molecule has 0 fully saturated rings. The molecule has 0 heterocycles. The van der Waals surface area contributed by atoms with Crippen LogP contribution in [0.4, 0.5) is 12.7 Å². The Kier molecular flexibility index (Phi) is 6.22. The monoisotopic (exact) mass is 202 g/mol. The summed E-state index contributed by atoms with van der Waals surface area (Å²) in [5.74, 6) is -2.43. The first kappa shape index (κ1) is 13.8. The summed E-state index contributed by atoms with van der Waals surface area (Å²) in [5, 5.41) is 0. The van der Waals surface area contributed by atoms with E-state index in [1.165, 1.54) is 0 Å². The summed E-state index contributed by atoms with van der Waals surface area (Å²) in [6, 6.07) is 0. The summed E-state index contributed by atoms with van der Waals surface area (Å²) in [7, 11) is -5.60. The number of rotatable bonds is 2. The van der Waals surface area contributed by atoms with Crippen LogP contribution in [0.2, 0.25) is 0 Å². The van der Waals surface area contributed by atoms with E-state index >= 15 is 0 Å². The molecule has 9 heteroatoms. The van der Waals surface area contributed by atoms with Crippen molar-refractivity contribution in [2.75, 3.05) is 0 Å². The molecule has 0 aromatic heterocycles. The molecule has 0 rings (SSSR count). The minimum Gasteiger partial charge on any atom is -1.00 e. The molecule has 0 spiro atoms. The Morgan fingerprint density at radius 1 is 1.45 bits per heavy atom. The first-order valence-electron chi connectivity index (χ1n) is 1.79. The van der Waals surface area contributed by atoms with Gasteiger partial charge in [-0.3, -0.25) is 0 Å². The van der Waals surface area contributed by atoms with Gasteiger partial charge in [0.25, 0.3) is 0 Å². The summed E-state index contributed by atoms with van der Waals surface area (Å²) < 4.78 is 54.5. The molecule has 0 unspecified atom stereocenters. The largest absolute Gasteiger partial charge is 1.00 e. The van der Waals surface area contributed by atoms with Crippen molar-refractivity contribution in [3.05, 3.63) is 0 Å². The number of carbonyl (C=O) groups excluding carboxylic acids is 1. The van der Waals surface area contributed by atoms with Crippen molar-refractivity contribution in [1.29, 1.82) is 0 Å². The number of hydrogen-bond donors (Lipinski definition) is 0. The van der Waals surface area contributed by atoms with Gasteiger partial charge in [-0.15, -0.1) is 0 Å². The molecule has 0 saturated carbocycles. The maximum Gasteiger partial charge on any atom is 1.00 e. The molecule has 0 aromatic rings. The van der Waals surface area contributed by atoms with E-state index in [2.05, 4.69) is 4.18 Å². The Balaban J connectivity index is -0.000000405. The third-order valence-electron chi connectivity index (χ3n) is 0.360. The van der Waals surface area contributed by atoms with E-state index in [0.29, 0.717) is 0 Å². The maximum absolute atomic E-state index is 11.2. The molecule has 0 saturated heterocycles. The fourth-order valence-corrected chi connectivity index (χ4v) is 0.403. The Hall–Kier alpha value is 0.210. The van der Waals surface area contributed by atoms with Crippen LogP contribution in [-0.2, 0) is 19.5 Å². The van der Waals surface area contributed by atoms with Gasteiger partial charge in [0.05, 0.1) is 0 Å². The van der Waals surface area contributed by atoms with Crippen molar-refractivity contribution in [1.82, 2.24) is 0 Å². The Bertz CT molecular complexity index is 228. The third kappa shape index (κ3) is 8.11. The van der Waals surface area contributed by atoms with Gasteiger partial charge < -0.3 is 5.61 Å². The zero-order chi connectivity index (χ0) is 8.36. The molecule has 4 nitrogen and oxygen atoms in total. The van der Waals surface area contributed by atoms with Crippen molar-refractivity contribution in [3.63, 3.8) is 0 Å². The molecule has 0 aliphatic heterocycles. The molecule has 11 heavy (non-hydrogen) atoms. The molecule has 0 N–H and O–H groups in total. The Morgan fingerprint density at radius 2 is 1.82 bits per heavy atom. The number of halogens is 3. The van der Waals surface area contributed by atoms with Crippen LogP contribution >= 0.6 is 0 Å².